The van der Waals surface area contributed by atoms with Gasteiger partial charge in [-0.1, -0.05) is 11.6 Å². The molecule has 0 aliphatic carbocycles. The number of thiophene rings is 1. The summed E-state index contributed by atoms with van der Waals surface area (Å²) in [5, 5.41) is 6.69. The molecule has 1 aromatic carbocycles. The van der Waals surface area contributed by atoms with Crippen molar-refractivity contribution in [2.75, 3.05) is 12.4 Å². The average molecular weight is 498 g/mol. The van der Waals surface area contributed by atoms with Gasteiger partial charge < -0.3 is 5.32 Å². The van der Waals surface area contributed by atoms with Crippen LogP contribution in [-0.2, 0) is 22.1 Å². The molecule has 12 heteroatoms. The number of likely N-dealkylation sites (N-methyl/N-ethyl adjacent to an activating group) is 1. The summed E-state index contributed by atoms with van der Waals surface area (Å²) in [7, 11) is -0.720. The van der Waals surface area contributed by atoms with Crippen molar-refractivity contribution in [3.63, 3.8) is 0 Å². The zero-order valence-electron chi connectivity index (χ0n) is 17.5. The Balaban J connectivity index is 1.60. The fourth-order valence-corrected chi connectivity index (χ4v) is 6.33. The maximum Gasteiger partial charge on any atom is 0.280 e. The smallest absolute Gasteiger partial charge is 0.280 e. The Labute approximate surface area is 194 Å². The summed E-state index contributed by atoms with van der Waals surface area (Å²) in [6, 6.07) is 4.19. The molecule has 0 spiro atoms. The SMILES string of the molecule is Cc1cc([C@@H]2C[C@H](C(=O)Nc3ccc(F)c(Cl)c3)N(C)S(=O)(=O)N2)sc1-c1cnn(C)c1. The topological polar surface area (TPSA) is 96.3 Å². The van der Waals surface area contributed by atoms with Crippen LogP contribution in [0.3, 0.4) is 0 Å². The number of amides is 1. The van der Waals surface area contributed by atoms with Gasteiger partial charge in [0.2, 0.25) is 5.91 Å². The number of aromatic nitrogens is 2. The molecule has 0 bridgehead atoms. The quantitative estimate of drug-likeness (QED) is 0.577. The van der Waals surface area contributed by atoms with Crippen LogP contribution in [0.1, 0.15) is 22.9 Å². The lowest BCUT2D eigenvalue weighted by Crippen LogP contribution is -2.55. The first-order valence-corrected chi connectivity index (χ1v) is 12.3. The molecule has 2 N–H and O–H groups in total. The number of hydrogen-bond acceptors (Lipinski definition) is 5. The van der Waals surface area contributed by atoms with Crippen molar-refractivity contribution in [1.82, 2.24) is 18.8 Å². The third-order valence-electron chi connectivity index (χ3n) is 5.31. The van der Waals surface area contributed by atoms with Crippen LogP contribution in [0.25, 0.3) is 10.4 Å². The number of aryl methyl sites for hydroxylation is 2. The van der Waals surface area contributed by atoms with E-state index >= 15 is 0 Å². The molecule has 170 valence electrons. The van der Waals surface area contributed by atoms with E-state index < -0.39 is 34.0 Å². The van der Waals surface area contributed by atoms with E-state index in [4.69, 9.17) is 11.6 Å². The van der Waals surface area contributed by atoms with Gasteiger partial charge in [0, 0.05) is 41.3 Å². The molecule has 1 aliphatic heterocycles. The second-order valence-electron chi connectivity index (χ2n) is 7.62. The highest BCUT2D eigenvalue weighted by atomic mass is 35.5. The van der Waals surface area contributed by atoms with Gasteiger partial charge in [0.25, 0.3) is 10.2 Å². The summed E-state index contributed by atoms with van der Waals surface area (Å²) >= 11 is 7.25. The molecule has 0 saturated carbocycles. The Bertz CT molecular complexity index is 1290. The van der Waals surface area contributed by atoms with Crippen LogP contribution in [0.4, 0.5) is 10.1 Å². The molecule has 2 aromatic heterocycles. The Morgan fingerprint density at radius 1 is 1.34 bits per heavy atom. The summed E-state index contributed by atoms with van der Waals surface area (Å²) < 4.78 is 44.3. The lowest BCUT2D eigenvalue weighted by Gasteiger charge is -2.35. The number of nitrogens with one attached hydrogen (secondary N) is 2. The standard InChI is InChI=1S/C20H21ClFN5O3S2/c1-11-6-18(31-19(11)12-9-23-26(2)10-12)16-8-17(27(3)32(29,30)25-16)20(28)24-13-4-5-15(22)14(21)7-13/h4-7,9-10,16-17,25H,8H2,1-3H3,(H,24,28)/t16-,17+/m0/s1. The maximum atomic E-state index is 13.4. The minimum absolute atomic E-state index is 0.135. The van der Waals surface area contributed by atoms with Crippen LogP contribution in [-0.4, -0.2) is 41.5 Å². The molecule has 1 fully saturated rings. The van der Waals surface area contributed by atoms with Crippen LogP contribution in [0, 0.1) is 12.7 Å². The lowest BCUT2D eigenvalue weighted by atomic mass is 10.0. The van der Waals surface area contributed by atoms with E-state index in [-0.39, 0.29) is 17.1 Å². The molecule has 3 aromatic rings. The molecule has 1 saturated heterocycles. The normalized spacial score (nSPS) is 20.9. The molecule has 0 radical (unpaired) electrons. The number of anilines is 1. The Morgan fingerprint density at radius 3 is 2.75 bits per heavy atom. The highest BCUT2D eigenvalue weighted by Crippen LogP contribution is 2.38. The van der Waals surface area contributed by atoms with Gasteiger partial charge in [0.15, 0.2) is 0 Å². The van der Waals surface area contributed by atoms with Crippen molar-refractivity contribution in [3.05, 3.63) is 57.9 Å². The Hall–Kier alpha value is -2.31. The zero-order chi connectivity index (χ0) is 23.2. The van der Waals surface area contributed by atoms with Gasteiger partial charge in [0.1, 0.15) is 11.9 Å². The fourth-order valence-electron chi connectivity index (χ4n) is 3.60. The van der Waals surface area contributed by atoms with E-state index in [1.165, 1.54) is 30.5 Å². The zero-order valence-corrected chi connectivity index (χ0v) is 19.9. The molecule has 8 nitrogen and oxygen atoms in total. The second kappa shape index (κ2) is 8.56. The number of hydrogen-bond donors (Lipinski definition) is 2. The fraction of sp³-hybridized carbons (Fsp3) is 0.300. The number of rotatable bonds is 4. The molecule has 32 heavy (non-hydrogen) atoms. The molecular formula is C20H21ClFN5O3S2. The van der Waals surface area contributed by atoms with Gasteiger partial charge >= 0.3 is 0 Å². The number of carbonyl (C=O) groups is 1. The van der Waals surface area contributed by atoms with Crippen molar-refractivity contribution in [1.29, 1.82) is 0 Å². The summed E-state index contributed by atoms with van der Waals surface area (Å²) in [5.41, 5.74) is 2.23. The van der Waals surface area contributed by atoms with E-state index in [2.05, 4.69) is 15.1 Å². The molecular weight excluding hydrogens is 477 g/mol. The average Bonchev–Trinajstić information content (AvgIpc) is 3.32. The molecule has 3 heterocycles. The predicted octanol–water partition coefficient (Wildman–Crippen LogP) is 3.47. The first-order chi connectivity index (χ1) is 15.0. The highest BCUT2D eigenvalue weighted by Gasteiger charge is 2.41. The maximum absolute atomic E-state index is 13.4. The van der Waals surface area contributed by atoms with Crippen LogP contribution in [0.5, 0.6) is 0 Å². The molecule has 1 aliphatic rings. The summed E-state index contributed by atoms with van der Waals surface area (Å²) in [6.07, 6.45) is 3.87. The van der Waals surface area contributed by atoms with E-state index in [0.717, 1.165) is 31.3 Å². The van der Waals surface area contributed by atoms with Crippen molar-refractivity contribution < 1.29 is 17.6 Å². The monoisotopic (exact) mass is 497 g/mol. The number of halogens is 2. The van der Waals surface area contributed by atoms with Gasteiger partial charge in [-0.05, 0) is 43.2 Å². The van der Waals surface area contributed by atoms with Crippen molar-refractivity contribution >= 4 is 44.7 Å². The summed E-state index contributed by atoms with van der Waals surface area (Å²) in [6.45, 7) is 1.95. The second-order valence-corrected chi connectivity index (χ2v) is 10.9. The number of nitrogens with zero attached hydrogens (tertiary/aromatic N) is 3. The minimum atomic E-state index is -3.90. The van der Waals surface area contributed by atoms with Gasteiger partial charge in [-0.25, -0.2) is 4.39 Å². The first-order valence-electron chi connectivity index (χ1n) is 9.65. The minimum Gasteiger partial charge on any atom is -0.325 e. The van der Waals surface area contributed by atoms with Crippen molar-refractivity contribution in [3.8, 4) is 10.4 Å². The Kier molecular flexibility index (Phi) is 6.12. The first kappa shape index (κ1) is 22.9. The Morgan fingerprint density at radius 2 is 2.09 bits per heavy atom. The van der Waals surface area contributed by atoms with Crippen LogP contribution in [0.2, 0.25) is 5.02 Å². The lowest BCUT2D eigenvalue weighted by molar-refractivity contribution is -0.120. The molecule has 1 amide bonds. The third kappa shape index (κ3) is 4.44. The number of carbonyl (C=O) groups excluding carboxylic acids is 1. The summed E-state index contributed by atoms with van der Waals surface area (Å²) in [4.78, 5) is 14.7. The van der Waals surface area contributed by atoms with Crippen LogP contribution < -0.4 is 10.0 Å². The predicted molar refractivity (Wildman–Crippen MR) is 122 cm³/mol. The van der Waals surface area contributed by atoms with E-state index in [0.29, 0.717) is 0 Å². The molecule has 4 rings (SSSR count). The van der Waals surface area contributed by atoms with E-state index in [1.807, 2.05) is 26.2 Å². The molecule has 2 atom stereocenters. The van der Waals surface area contributed by atoms with E-state index in [9.17, 15) is 17.6 Å². The highest BCUT2D eigenvalue weighted by molar-refractivity contribution is 7.87. The third-order valence-corrected chi connectivity index (χ3v) is 8.59. The van der Waals surface area contributed by atoms with Crippen LogP contribution >= 0.6 is 22.9 Å². The van der Waals surface area contributed by atoms with Gasteiger partial charge in [-0.15, -0.1) is 11.3 Å². The van der Waals surface area contributed by atoms with Crippen molar-refractivity contribution in [2.24, 2.45) is 7.05 Å². The van der Waals surface area contributed by atoms with Gasteiger partial charge in [-0.3, -0.25) is 9.48 Å². The molecule has 0 unspecified atom stereocenters. The van der Waals surface area contributed by atoms with Crippen LogP contribution in [0.15, 0.2) is 36.7 Å². The van der Waals surface area contributed by atoms with Gasteiger partial charge in [0.05, 0.1) is 17.3 Å². The largest absolute Gasteiger partial charge is 0.325 e. The van der Waals surface area contributed by atoms with E-state index in [1.54, 1.807) is 10.9 Å². The van der Waals surface area contributed by atoms with Gasteiger partial charge in [-0.2, -0.15) is 22.5 Å². The summed E-state index contributed by atoms with van der Waals surface area (Å²) in [5.74, 6) is -1.13. The van der Waals surface area contributed by atoms with Crippen molar-refractivity contribution in [2.45, 2.75) is 25.4 Å². The number of benzene rings is 1.